The number of halogens is 3. The van der Waals surface area contributed by atoms with E-state index < -0.39 is 0 Å². The van der Waals surface area contributed by atoms with Crippen molar-refractivity contribution in [2.75, 3.05) is 26.2 Å². The third-order valence-corrected chi connectivity index (χ3v) is 5.57. The van der Waals surface area contributed by atoms with Gasteiger partial charge in [-0.1, -0.05) is 17.7 Å². The van der Waals surface area contributed by atoms with Crippen molar-refractivity contribution in [3.05, 3.63) is 55.4 Å². The molecule has 1 aromatic carbocycles. The maximum Gasteiger partial charge on any atom is 0.137 e. The van der Waals surface area contributed by atoms with Crippen molar-refractivity contribution in [3.8, 4) is 0 Å². The fourth-order valence-electron chi connectivity index (χ4n) is 2.65. The van der Waals surface area contributed by atoms with Gasteiger partial charge in [-0.15, -0.1) is 11.3 Å². The molecule has 2 aromatic rings. The Labute approximate surface area is 141 Å². The topological polar surface area (TPSA) is 15.3 Å². The van der Waals surface area contributed by atoms with Crippen molar-refractivity contribution in [1.29, 1.82) is 0 Å². The average Bonchev–Trinajstić information content (AvgIpc) is 2.90. The first-order chi connectivity index (χ1) is 10.1. The highest BCUT2D eigenvalue weighted by Crippen LogP contribution is 2.36. The lowest BCUT2D eigenvalue weighted by Crippen LogP contribution is -2.45. The van der Waals surface area contributed by atoms with E-state index in [0.717, 1.165) is 41.0 Å². The molecule has 1 aliphatic rings. The first-order valence-corrected chi connectivity index (χ1v) is 8.79. The summed E-state index contributed by atoms with van der Waals surface area (Å²) < 4.78 is 15.2. The number of thiophene rings is 1. The summed E-state index contributed by atoms with van der Waals surface area (Å²) in [6.07, 6.45) is 0. The average molecular weight is 390 g/mol. The quantitative estimate of drug-likeness (QED) is 0.842. The zero-order chi connectivity index (χ0) is 14.8. The Morgan fingerprint density at radius 1 is 1.24 bits per heavy atom. The lowest BCUT2D eigenvalue weighted by molar-refractivity contribution is 0.200. The molecular weight excluding hydrogens is 375 g/mol. The van der Waals surface area contributed by atoms with Crippen LogP contribution in [0.15, 0.2) is 34.8 Å². The predicted molar refractivity (Wildman–Crippen MR) is 89.7 cm³/mol. The first-order valence-electron chi connectivity index (χ1n) is 6.80. The standard InChI is InChI=1S/C15H15BrClFN2S/c16-11-2-1-10(9-12(11)18)15(13-3-4-14(17)21-13)20-7-5-19-6-8-20/h1-4,9,15,19H,5-8H2/t15-/m1/s1. The molecule has 1 N–H and O–H groups in total. The maximum atomic E-state index is 13.9. The third-order valence-electron chi connectivity index (χ3n) is 3.64. The van der Waals surface area contributed by atoms with Gasteiger partial charge in [-0.05, 0) is 45.8 Å². The molecular formula is C15H15BrClFN2S. The van der Waals surface area contributed by atoms with Crippen LogP contribution in [0.4, 0.5) is 4.39 Å². The molecule has 1 aromatic heterocycles. The lowest BCUT2D eigenvalue weighted by Gasteiger charge is -2.34. The number of rotatable bonds is 3. The Hall–Kier alpha value is -0.460. The summed E-state index contributed by atoms with van der Waals surface area (Å²) in [7, 11) is 0. The van der Waals surface area contributed by atoms with Crippen LogP contribution >= 0.6 is 38.9 Å². The molecule has 1 saturated heterocycles. The van der Waals surface area contributed by atoms with Gasteiger partial charge in [0.25, 0.3) is 0 Å². The van der Waals surface area contributed by atoms with E-state index in [2.05, 4.69) is 26.1 Å². The van der Waals surface area contributed by atoms with Crippen molar-refractivity contribution in [1.82, 2.24) is 10.2 Å². The van der Waals surface area contributed by atoms with Gasteiger partial charge >= 0.3 is 0 Å². The van der Waals surface area contributed by atoms with E-state index in [-0.39, 0.29) is 11.9 Å². The van der Waals surface area contributed by atoms with E-state index in [1.54, 1.807) is 23.5 Å². The van der Waals surface area contributed by atoms with Crippen molar-refractivity contribution in [3.63, 3.8) is 0 Å². The van der Waals surface area contributed by atoms with Gasteiger partial charge in [0, 0.05) is 31.1 Å². The molecule has 2 heterocycles. The lowest BCUT2D eigenvalue weighted by atomic mass is 10.0. The van der Waals surface area contributed by atoms with Crippen LogP contribution in [0.5, 0.6) is 0 Å². The van der Waals surface area contributed by atoms with E-state index in [0.29, 0.717) is 4.47 Å². The summed E-state index contributed by atoms with van der Waals surface area (Å²) in [5, 5.41) is 3.35. The highest BCUT2D eigenvalue weighted by molar-refractivity contribution is 9.10. The van der Waals surface area contributed by atoms with Crippen molar-refractivity contribution >= 4 is 38.9 Å². The summed E-state index contributed by atoms with van der Waals surface area (Å²) >= 11 is 10.9. The monoisotopic (exact) mass is 388 g/mol. The highest BCUT2D eigenvalue weighted by atomic mass is 79.9. The Morgan fingerprint density at radius 2 is 2.00 bits per heavy atom. The van der Waals surface area contributed by atoms with Gasteiger partial charge in [-0.2, -0.15) is 0 Å². The van der Waals surface area contributed by atoms with E-state index in [1.165, 1.54) is 0 Å². The largest absolute Gasteiger partial charge is 0.314 e. The van der Waals surface area contributed by atoms with Crippen LogP contribution in [0.1, 0.15) is 16.5 Å². The second-order valence-corrected chi connectivity index (χ2v) is 7.60. The van der Waals surface area contributed by atoms with Crippen molar-refractivity contribution < 1.29 is 4.39 Å². The van der Waals surface area contributed by atoms with E-state index >= 15 is 0 Å². The molecule has 0 amide bonds. The molecule has 3 rings (SSSR count). The molecule has 6 heteroatoms. The molecule has 2 nitrogen and oxygen atoms in total. The molecule has 21 heavy (non-hydrogen) atoms. The van der Waals surface area contributed by atoms with Crippen LogP contribution in [0.2, 0.25) is 4.34 Å². The second-order valence-electron chi connectivity index (χ2n) is 5.00. The predicted octanol–water partition coefficient (Wildman–Crippen LogP) is 4.30. The zero-order valence-electron chi connectivity index (χ0n) is 11.3. The minimum absolute atomic E-state index is 0.0622. The molecule has 0 unspecified atom stereocenters. The van der Waals surface area contributed by atoms with Crippen LogP contribution in [0, 0.1) is 5.82 Å². The summed E-state index contributed by atoms with van der Waals surface area (Å²) in [6.45, 7) is 3.79. The molecule has 1 fully saturated rings. The van der Waals surface area contributed by atoms with Crippen molar-refractivity contribution in [2.24, 2.45) is 0 Å². The smallest absolute Gasteiger partial charge is 0.137 e. The molecule has 0 bridgehead atoms. The molecule has 0 saturated carbocycles. The van der Waals surface area contributed by atoms with Gasteiger partial charge in [0.05, 0.1) is 14.9 Å². The van der Waals surface area contributed by atoms with Gasteiger partial charge in [0.1, 0.15) is 5.82 Å². The van der Waals surface area contributed by atoms with E-state index in [1.807, 2.05) is 18.2 Å². The normalized spacial score (nSPS) is 17.9. The Morgan fingerprint density at radius 3 is 2.62 bits per heavy atom. The fourth-order valence-corrected chi connectivity index (χ4v) is 4.12. The van der Waals surface area contributed by atoms with Crippen LogP contribution in [-0.4, -0.2) is 31.1 Å². The zero-order valence-corrected chi connectivity index (χ0v) is 14.4. The number of nitrogens with one attached hydrogen (secondary N) is 1. The van der Waals surface area contributed by atoms with Crippen molar-refractivity contribution in [2.45, 2.75) is 6.04 Å². The summed E-state index contributed by atoms with van der Waals surface area (Å²) in [6, 6.07) is 9.38. The van der Waals surface area contributed by atoms with Crippen LogP contribution < -0.4 is 5.32 Å². The first kappa shape index (κ1) is 15.4. The number of piperazine rings is 1. The maximum absolute atomic E-state index is 13.9. The molecule has 1 aliphatic heterocycles. The van der Waals surface area contributed by atoms with Gasteiger partial charge in [0.15, 0.2) is 0 Å². The minimum atomic E-state index is -0.227. The van der Waals surface area contributed by atoms with Gasteiger partial charge in [-0.3, -0.25) is 4.90 Å². The van der Waals surface area contributed by atoms with E-state index in [4.69, 9.17) is 11.6 Å². The van der Waals surface area contributed by atoms with Gasteiger partial charge in [0.2, 0.25) is 0 Å². The van der Waals surface area contributed by atoms with Gasteiger partial charge < -0.3 is 5.32 Å². The molecule has 1 atom stereocenters. The third kappa shape index (κ3) is 3.48. The molecule has 0 radical (unpaired) electrons. The Bertz CT molecular complexity index is 628. The molecule has 0 aliphatic carbocycles. The summed E-state index contributed by atoms with van der Waals surface area (Å²) in [4.78, 5) is 3.53. The van der Waals surface area contributed by atoms with Crippen LogP contribution in [-0.2, 0) is 0 Å². The molecule has 112 valence electrons. The SMILES string of the molecule is Fc1cc([C@H](c2ccc(Cl)s2)N2CCNCC2)ccc1Br. The van der Waals surface area contributed by atoms with Gasteiger partial charge in [-0.25, -0.2) is 4.39 Å². The Balaban J connectivity index is 2.00. The Kier molecular flexibility index (Phi) is 4.96. The molecule has 0 spiro atoms. The highest BCUT2D eigenvalue weighted by Gasteiger charge is 2.25. The van der Waals surface area contributed by atoms with Crippen LogP contribution in [0.3, 0.4) is 0 Å². The summed E-state index contributed by atoms with van der Waals surface area (Å²) in [5.41, 5.74) is 0.969. The number of benzene rings is 1. The number of hydrogen-bond acceptors (Lipinski definition) is 3. The summed E-state index contributed by atoms with van der Waals surface area (Å²) in [5.74, 6) is -0.227. The van der Waals surface area contributed by atoms with Crippen LogP contribution in [0.25, 0.3) is 0 Å². The number of nitrogens with zero attached hydrogens (tertiary/aromatic N) is 1. The number of hydrogen-bond donors (Lipinski definition) is 1. The van der Waals surface area contributed by atoms with E-state index in [9.17, 15) is 4.39 Å². The second kappa shape index (κ2) is 6.75. The fraction of sp³-hybridized carbons (Fsp3) is 0.333. The minimum Gasteiger partial charge on any atom is -0.314 e.